The zero-order chi connectivity index (χ0) is 22.1. The summed E-state index contributed by atoms with van der Waals surface area (Å²) in [5, 5.41) is 7.38. The second-order valence-electron chi connectivity index (χ2n) is 6.44. The Balaban J connectivity index is 1.41. The summed E-state index contributed by atoms with van der Waals surface area (Å²) in [5.74, 6) is -0.183. The zero-order valence-corrected chi connectivity index (χ0v) is 17.9. The lowest BCUT2D eigenvalue weighted by Crippen LogP contribution is -2.35. The number of hydrogen-bond acceptors (Lipinski definition) is 4. The van der Waals surface area contributed by atoms with Gasteiger partial charge in [-0.15, -0.1) is 0 Å². The largest absolute Gasteiger partial charge is 0.489 e. The van der Waals surface area contributed by atoms with Gasteiger partial charge in [0.15, 0.2) is 0 Å². The van der Waals surface area contributed by atoms with E-state index in [1.807, 2.05) is 48.5 Å². The summed E-state index contributed by atoms with van der Waals surface area (Å²) in [6.45, 7) is 0.208. The Kier molecular flexibility index (Phi) is 8.04. The molecule has 6 nitrogen and oxygen atoms in total. The van der Waals surface area contributed by atoms with Crippen molar-refractivity contribution < 1.29 is 14.3 Å². The Labute approximate surface area is 189 Å². The molecule has 8 heteroatoms. The van der Waals surface area contributed by atoms with E-state index >= 15 is 0 Å². The molecular formula is C23H19Cl2N3O3. The van der Waals surface area contributed by atoms with Crippen molar-refractivity contribution in [3.05, 3.63) is 99.5 Å². The Hall–Kier alpha value is -3.35. The first-order valence-corrected chi connectivity index (χ1v) is 10.1. The van der Waals surface area contributed by atoms with Gasteiger partial charge in [-0.3, -0.25) is 9.59 Å². The van der Waals surface area contributed by atoms with Gasteiger partial charge in [0.1, 0.15) is 12.4 Å². The fourth-order valence-electron chi connectivity index (χ4n) is 2.52. The van der Waals surface area contributed by atoms with Crippen LogP contribution in [0.15, 0.2) is 77.9 Å². The van der Waals surface area contributed by atoms with Gasteiger partial charge in [0.2, 0.25) is 0 Å². The summed E-state index contributed by atoms with van der Waals surface area (Å²) in [6.07, 6.45) is 1.50. The number of nitrogens with one attached hydrogen (secondary N) is 2. The molecule has 0 saturated carbocycles. The molecule has 0 saturated heterocycles. The number of carbonyl (C=O) groups is 2. The van der Waals surface area contributed by atoms with E-state index in [4.69, 9.17) is 27.9 Å². The van der Waals surface area contributed by atoms with E-state index in [1.165, 1.54) is 6.21 Å². The van der Waals surface area contributed by atoms with E-state index in [0.29, 0.717) is 28.0 Å². The number of nitrogens with zero attached hydrogens (tertiary/aromatic N) is 1. The summed E-state index contributed by atoms with van der Waals surface area (Å²) in [6, 6.07) is 21.3. The van der Waals surface area contributed by atoms with E-state index in [1.54, 1.807) is 24.3 Å². The molecule has 0 aromatic heterocycles. The molecule has 0 atom stereocenters. The highest BCUT2D eigenvalue weighted by molar-refractivity contribution is 6.33. The van der Waals surface area contributed by atoms with Crippen molar-refractivity contribution in [2.75, 3.05) is 6.54 Å². The van der Waals surface area contributed by atoms with Crippen LogP contribution in [0.5, 0.6) is 5.75 Å². The van der Waals surface area contributed by atoms with Crippen LogP contribution in [0.1, 0.15) is 21.5 Å². The normalized spacial score (nSPS) is 10.6. The molecule has 3 rings (SSSR count). The lowest BCUT2D eigenvalue weighted by molar-refractivity contribution is -0.120. The minimum Gasteiger partial charge on any atom is -0.489 e. The quantitative estimate of drug-likeness (QED) is 0.388. The van der Waals surface area contributed by atoms with E-state index < -0.39 is 11.8 Å². The first-order valence-electron chi connectivity index (χ1n) is 9.33. The van der Waals surface area contributed by atoms with Crippen LogP contribution in [0, 0.1) is 0 Å². The van der Waals surface area contributed by atoms with Crippen LogP contribution in [0.4, 0.5) is 0 Å². The average molecular weight is 456 g/mol. The lowest BCUT2D eigenvalue weighted by atomic mass is 10.2. The molecule has 2 amide bonds. The number of hydrazone groups is 1. The monoisotopic (exact) mass is 455 g/mol. The van der Waals surface area contributed by atoms with E-state index in [2.05, 4.69) is 15.8 Å². The number of rotatable bonds is 8. The van der Waals surface area contributed by atoms with Crippen molar-refractivity contribution in [2.24, 2.45) is 5.10 Å². The first-order chi connectivity index (χ1) is 15.0. The summed E-state index contributed by atoms with van der Waals surface area (Å²) < 4.78 is 5.72. The number of halogens is 2. The molecule has 0 aliphatic carbocycles. The second kappa shape index (κ2) is 11.2. The van der Waals surface area contributed by atoms with Crippen molar-refractivity contribution >= 4 is 41.2 Å². The summed E-state index contributed by atoms with van der Waals surface area (Å²) in [7, 11) is 0. The van der Waals surface area contributed by atoms with Crippen molar-refractivity contribution in [3.8, 4) is 5.75 Å². The van der Waals surface area contributed by atoms with E-state index in [0.717, 1.165) is 11.1 Å². The first kappa shape index (κ1) is 22.3. The third-order valence-corrected chi connectivity index (χ3v) is 4.71. The lowest BCUT2D eigenvalue weighted by Gasteiger charge is -2.07. The van der Waals surface area contributed by atoms with Gasteiger partial charge < -0.3 is 10.1 Å². The molecule has 0 aliphatic heterocycles. The molecule has 0 aliphatic rings. The summed E-state index contributed by atoms with van der Waals surface area (Å²) in [4.78, 5) is 23.9. The molecule has 0 unspecified atom stereocenters. The molecule has 0 spiro atoms. The minimum absolute atomic E-state index is 0.223. The highest BCUT2D eigenvalue weighted by Crippen LogP contribution is 2.16. The van der Waals surface area contributed by atoms with Gasteiger partial charge in [0.05, 0.1) is 23.3 Å². The van der Waals surface area contributed by atoms with Crippen LogP contribution in [0.3, 0.4) is 0 Å². The number of hydrogen-bond donors (Lipinski definition) is 2. The molecular weight excluding hydrogens is 437 g/mol. The number of benzene rings is 3. The Morgan fingerprint density at radius 3 is 2.35 bits per heavy atom. The standard InChI is InChI=1S/C23H19Cl2N3O3/c24-18-9-5-17(6-10-18)15-31-19-11-7-16(8-12-19)13-27-28-22(29)14-26-23(30)20-3-1-2-4-21(20)25/h1-13H,14-15H2,(H,26,30)(H,28,29)/b27-13-. The van der Waals surface area contributed by atoms with Gasteiger partial charge in [-0.2, -0.15) is 5.10 Å². The summed E-state index contributed by atoms with van der Waals surface area (Å²) >= 11 is 11.8. The predicted octanol–water partition coefficient (Wildman–Crippen LogP) is 4.45. The van der Waals surface area contributed by atoms with Crippen LogP contribution in [0.25, 0.3) is 0 Å². The van der Waals surface area contributed by atoms with Crippen molar-refractivity contribution in [1.29, 1.82) is 0 Å². The van der Waals surface area contributed by atoms with Crippen molar-refractivity contribution in [1.82, 2.24) is 10.7 Å². The van der Waals surface area contributed by atoms with Crippen LogP contribution in [0.2, 0.25) is 10.0 Å². The van der Waals surface area contributed by atoms with Gasteiger partial charge >= 0.3 is 0 Å². The van der Waals surface area contributed by atoms with Crippen LogP contribution < -0.4 is 15.5 Å². The van der Waals surface area contributed by atoms with Crippen molar-refractivity contribution in [3.63, 3.8) is 0 Å². The maximum absolute atomic E-state index is 12.0. The molecule has 0 bridgehead atoms. The maximum atomic E-state index is 12.0. The van der Waals surface area contributed by atoms with E-state index in [9.17, 15) is 9.59 Å². The van der Waals surface area contributed by atoms with Gasteiger partial charge in [-0.1, -0.05) is 47.5 Å². The number of carbonyl (C=O) groups excluding carboxylic acids is 2. The molecule has 3 aromatic carbocycles. The van der Waals surface area contributed by atoms with Crippen LogP contribution in [-0.4, -0.2) is 24.6 Å². The minimum atomic E-state index is -0.459. The second-order valence-corrected chi connectivity index (χ2v) is 7.28. The zero-order valence-electron chi connectivity index (χ0n) is 16.3. The predicted molar refractivity (Wildman–Crippen MR) is 122 cm³/mol. The molecule has 31 heavy (non-hydrogen) atoms. The molecule has 3 aromatic rings. The fourth-order valence-corrected chi connectivity index (χ4v) is 2.86. The van der Waals surface area contributed by atoms with Gasteiger partial charge in [0.25, 0.3) is 11.8 Å². The van der Waals surface area contributed by atoms with Crippen molar-refractivity contribution in [2.45, 2.75) is 6.61 Å². The average Bonchev–Trinajstić information content (AvgIpc) is 2.78. The molecule has 0 fully saturated rings. The van der Waals surface area contributed by atoms with Gasteiger partial charge in [0, 0.05) is 5.02 Å². The number of ether oxygens (including phenoxy) is 1. The molecule has 0 heterocycles. The Morgan fingerprint density at radius 2 is 1.65 bits per heavy atom. The molecule has 158 valence electrons. The smallest absolute Gasteiger partial charge is 0.259 e. The van der Waals surface area contributed by atoms with Crippen LogP contribution >= 0.6 is 23.2 Å². The van der Waals surface area contributed by atoms with Crippen LogP contribution in [-0.2, 0) is 11.4 Å². The highest BCUT2D eigenvalue weighted by Gasteiger charge is 2.10. The Bertz CT molecular complexity index is 1070. The topological polar surface area (TPSA) is 79.8 Å². The van der Waals surface area contributed by atoms with Gasteiger partial charge in [-0.25, -0.2) is 5.43 Å². The number of amides is 2. The highest BCUT2D eigenvalue weighted by atomic mass is 35.5. The summed E-state index contributed by atoms with van der Waals surface area (Å²) in [5.41, 5.74) is 4.45. The van der Waals surface area contributed by atoms with E-state index in [-0.39, 0.29) is 6.54 Å². The Morgan fingerprint density at radius 1 is 0.935 bits per heavy atom. The van der Waals surface area contributed by atoms with Gasteiger partial charge in [-0.05, 0) is 59.7 Å². The third kappa shape index (κ3) is 7.13. The SMILES string of the molecule is O=C(CNC(=O)c1ccccc1Cl)N/N=C\c1ccc(OCc2ccc(Cl)cc2)cc1. The molecule has 2 N–H and O–H groups in total. The third-order valence-electron chi connectivity index (χ3n) is 4.13. The fraction of sp³-hybridized carbons (Fsp3) is 0.0870. The maximum Gasteiger partial charge on any atom is 0.259 e. The molecule has 0 radical (unpaired) electrons.